The lowest BCUT2D eigenvalue weighted by atomic mass is 9.98. The van der Waals surface area contributed by atoms with Crippen molar-refractivity contribution in [3.05, 3.63) is 47.9 Å². The van der Waals surface area contributed by atoms with E-state index in [1.54, 1.807) is 0 Å². The molecule has 1 aliphatic rings. The molecule has 3 aromatic rings. The minimum atomic E-state index is 0.796. The summed E-state index contributed by atoms with van der Waals surface area (Å²) in [6.45, 7) is 1.74. The molecule has 4 rings (SSSR count). The van der Waals surface area contributed by atoms with Gasteiger partial charge in [0, 0.05) is 32.0 Å². The van der Waals surface area contributed by atoms with Gasteiger partial charge in [0.25, 0.3) is 0 Å². The first-order valence-corrected chi connectivity index (χ1v) is 7.11. The number of aryl methyl sites for hydroxylation is 1. The van der Waals surface area contributed by atoms with Crippen LogP contribution in [0.4, 0.5) is 11.5 Å². The van der Waals surface area contributed by atoms with E-state index < -0.39 is 0 Å². The minimum Gasteiger partial charge on any atom is -0.398 e. The summed E-state index contributed by atoms with van der Waals surface area (Å²) in [7, 11) is 2.00. The molecule has 0 atom stereocenters. The van der Waals surface area contributed by atoms with Gasteiger partial charge in [0.2, 0.25) is 0 Å². The van der Waals surface area contributed by atoms with Crippen LogP contribution in [0.3, 0.4) is 0 Å². The molecule has 1 aromatic carbocycles. The van der Waals surface area contributed by atoms with E-state index in [0.717, 1.165) is 42.0 Å². The Hall–Kier alpha value is -2.56. The molecule has 0 amide bonds. The van der Waals surface area contributed by atoms with Crippen molar-refractivity contribution >= 4 is 22.5 Å². The van der Waals surface area contributed by atoms with E-state index in [-0.39, 0.29) is 0 Å². The summed E-state index contributed by atoms with van der Waals surface area (Å²) in [5.74, 6) is 0.946. The Balaban J connectivity index is 1.79. The Morgan fingerprint density at radius 2 is 2.10 bits per heavy atom. The molecule has 0 aliphatic carbocycles. The molecule has 0 saturated heterocycles. The van der Waals surface area contributed by atoms with Crippen molar-refractivity contribution in [2.75, 3.05) is 17.2 Å². The molecule has 0 spiro atoms. The predicted octanol–water partition coefficient (Wildman–Crippen LogP) is 2.11. The van der Waals surface area contributed by atoms with Gasteiger partial charge in [0.1, 0.15) is 5.52 Å². The quantitative estimate of drug-likeness (QED) is 0.693. The van der Waals surface area contributed by atoms with Crippen LogP contribution < -0.4 is 10.6 Å². The second-order valence-electron chi connectivity index (χ2n) is 5.51. The third kappa shape index (κ3) is 1.85. The van der Waals surface area contributed by atoms with Crippen LogP contribution in [0.2, 0.25) is 0 Å². The molecule has 0 fully saturated rings. The second kappa shape index (κ2) is 4.48. The fourth-order valence-electron chi connectivity index (χ4n) is 3.07. The number of nitrogens with zero attached hydrogens (tertiary/aromatic N) is 4. The second-order valence-corrected chi connectivity index (χ2v) is 5.51. The summed E-state index contributed by atoms with van der Waals surface area (Å²) in [5, 5.41) is 0. The van der Waals surface area contributed by atoms with E-state index in [1.807, 2.05) is 42.3 Å². The van der Waals surface area contributed by atoms with Crippen LogP contribution in [-0.4, -0.2) is 21.1 Å². The number of anilines is 2. The summed E-state index contributed by atoms with van der Waals surface area (Å²) >= 11 is 0. The van der Waals surface area contributed by atoms with Crippen LogP contribution >= 0.6 is 0 Å². The van der Waals surface area contributed by atoms with E-state index in [2.05, 4.69) is 20.9 Å². The SMILES string of the molecule is Cn1cnc2c(N3CCc4cccc(N)c4C3)nccc21. The van der Waals surface area contributed by atoms with Gasteiger partial charge < -0.3 is 15.2 Å². The van der Waals surface area contributed by atoms with Crippen molar-refractivity contribution < 1.29 is 0 Å². The van der Waals surface area contributed by atoms with E-state index in [4.69, 9.17) is 5.73 Å². The van der Waals surface area contributed by atoms with E-state index in [0.29, 0.717) is 0 Å². The monoisotopic (exact) mass is 279 g/mol. The van der Waals surface area contributed by atoms with Crippen molar-refractivity contribution in [1.29, 1.82) is 0 Å². The van der Waals surface area contributed by atoms with Crippen molar-refractivity contribution in [3.8, 4) is 0 Å². The number of imidazole rings is 1. The van der Waals surface area contributed by atoms with E-state index in [9.17, 15) is 0 Å². The van der Waals surface area contributed by atoms with Crippen LogP contribution in [0.15, 0.2) is 36.8 Å². The Kier molecular flexibility index (Phi) is 2.60. The summed E-state index contributed by atoms with van der Waals surface area (Å²) in [6.07, 6.45) is 4.68. The molecule has 5 heteroatoms. The fraction of sp³-hybridized carbons (Fsp3) is 0.250. The zero-order valence-corrected chi connectivity index (χ0v) is 12.0. The van der Waals surface area contributed by atoms with Gasteiger partial charge in [0.15, 0.2) is 5.82 Å². The fourth-order valence-corrected chi connectivity index (χ4v) is 3.07. The van der Waals surface area contributed by atoms with Gasteiger partial charge in [-0.1, -0.05) is 12.1 Å². The molecule has 5 nitrogen and oxygen atoms in total. The highest BCUT2D eigenvalue weighted by molar-refractivity contribution is 5.86. The van der Waals surface area contributed by atoms with Gasteiger partial charge in [0.05, 0.1) is 11.8 Å². The van der Waals surface area contributed by atoms with Crippen molar-refractivity contribution in [2.45, 2.75) is 13.0 Å². The number of pyridine rings is 1. The number of hydrogen-bond donors (Lipinski definition) is 1. The van der Waals surface area contributed by atoms with Crippen LogP contribution in [0.1, 0.15) is 11.1 Å². The van der Waals surface area contributed by atoms with Crippen LogP contribution in [-0.2, 0) is 20.0 Å². The van der Waals surface area contributed by atoms with Gasteiger partial charge >= 0.3 is 0 Å². The molecule has 3 heterocycles. The first-order chi connectivity index (χ1) is 10.2. The highest BCUT2D eigenvalue weighted by Gasteiger charge is 2.21. The Morgan fingerprint density at radius 1 is 1.19 bits per heavy atom. The van der Waals surface area contributed by atoms with Crippen molar-refractivity contribution in [2.24, 2.45) is 7.05 Å². The zero-order valence-electron chi connectivity index (χ0n) is 12.0. The number of hydrogen-bond acceptors (Lipinski definition) is 4. The summed E-state index contributed by atoms with van der Waals surface area (Å²) in [6, 6.07) is 8.16. The highest BCUT2D eigenvalue weighted by Crippen LogP contribution is 2.30. The Labute approximate surface area is 123 Å². The van der Waals surface area contributed by atoms with E-state index >= 15 is 0 Å². The molecule has 0 unspecified atom stereocenters. The summed E-state index contributed by atoms with van der Waals surface area (Å²) in [4.78, 5) is 11.3. The molecule has 1 aliphatic heterocycles. The predicted molar refractivity (Wildman–Crippen MR) is 84.1 cm³/mol. The topological polar surface area (TPSA) is 60.0 Å². The summed E-state index contributed by atoms with van der Waals surface area (Å²) in [5.41, 5.74) is 11.6. The van der Waals surface area contributed by atoms with Gasteiger partial charge in [-0.15, -0.1) is 0 Å². The molecule has 106 valence electrons. The molecular formula is C16H17N5. The van der Waals surface area contributed by atoms with Crippen LogP contribution in [0.25, 0.3) is 11.0 Å². The third-order valence-electron chi connectivity index (χ3n) is 4.23. The standard InChI is InChI=1S/C16H17N5/c1-20-10-19-15-14(20)5-7-18-16(15)21-8-6-11-3-2-4-13(17)12(11)9-21/h2-5,7,10H,6,8-9,17H2,1H3. The molecule has 2 aromatic heterocycles. The third-order valence-corrected chi connectivity index (χ3v) is 4.23. The molecule has 2 N–H and O–H groups in total. The number of aromatic nitrogens is 3. The van der Waals surface area contributed by atoms with Crippen molar-refractivity contribution in [1.82, 2.24) is 14.5 Å². The molecule has 0 bridgehead atoms. The normalized spacial score (nSPS) is 14.4. The number of fused-ring (bicyclic) bond motifs is 2. The maximum absolute atomic E-state index is 6.13. The molecule has 0 saturated carbocycles. The lowest BCUT2D eigenvalue weighted by molar-refractivity contribution is 0.725. The van der Waals surface area contributed by atoms with Gasteiger partial charge in [-0.3, -0.25) is 0 Å². The lowest BCUT2D eigenvalue weighted by Gasteiger charge is -2.30. The van der Waals surface area contributed by atoms with Gasteiger partial charge in [-0.05, 0) is 29.7 Å². The molecule has 21 heavy (non-hydrogen) atoms. The highest BCUT2D eigenvalue weighted by atomic mass is 15.2. The average molecular weight is 279 g/mol. The Bertz CT molecular complexity index is 821. The van der Waals surface area contributed by atoms with Gasteiger partial charge in [-0.2, -0.15) is 0 Å². The average Bonchev–Trinajstić information content (AvgIpc) is 2.89. The van der Waals surface area contributed by atoms with Crippen LogP contribution in [0.5, 0.6) is 0 Å². The zero-order chi connectivity index (χ0) is 14.4. The maximum Gasteiger partial charge on any atom is 0.157 e. The van der Waals surface area contributed by atoms with Gasteiger partial charge in [-0.25, -0.2) is 9.97 Å². The number of nitrogen functional groups attached to an aromatic ring is 1. The number of benzene rings is 1. The largest absolute Gasteiger partial charge is 0.398 e. The maximum atomic E-state index is 6.13. The number of nitrogens with two attached hydrogens (primary N) is 1. The first kappa shape index (κ1) is 12.2. The molecular weight excluding hydrogens is 262 g/mol. The minimum absolute atomic E-state index is 0.796. The summed E-state index contributed by atoms with van der Waals surface area (Å²) < 4.78 is 2.02. The smallest absolute Gasteiger partial charge is 0.157 e. The molecule has 0 radical (unpaired) electrons. The lowest BCUT2D eigenvalue weighted by Crippen LogP contribution is -2.31. The van der Waals surface area contributed by atoms with Crippen LogP contribution in [0, 0.1) is 0 Å². The number of rotatable bonds is 1. The van der Waals surface area contributed by atoms with E-state index in [1.165, 1.54) is 11.1 Å². The Morgan fingerprint density at radius 3 is 3.00 bits per heavy atom. The first-order valence-electron chi connectivity index (χ1n) is 7.11. The van der Waals surface area contributed by atoms with Crippen molar-refractivity contribution in [3.63, 3.8) is 0 Å².